The lowest BCUT2D eigenvalue weighted by molar-refractivity contribution is -0.134. The zero-order chi connectivity index (χ0) is 18.8. The van der Waals surface area contributed by atoms with E-state index in [-0.39, 0.29) is 23.1 Å². The molecule has 5 nitrogen and oxygen atoms in total. The lowest BCUT2D eigenvalue weighted by atomic mass is 9.93. The number of hydrogen-bond acceptors (Lipinski definition) is 3. The fourth-order valence-corrected chi connectivity index (χ4v) is 5.33. The molecular formula is C19H19BrFN3O2S. The number of fused-ring (bicyclic) bond motifs is 3. The van der Waals surface area contributed by atoms with Gasteiger partial charge in [-0.1, -0.05) is 15.9 Å². The van der Waals surface area contributed by atoms with Crippen molar-refractivity contribution in [2.24, 2.45) is 0 Å². The van der Waals surface area contributed by atoms with Crippen LogP contribution < -0.4 is 0 Å². The van der Waals surface area contributed by atoms with Gasteiger partial charge in [0.15, 0.2) is 4.77 Å². The van der Waals surface area contributed by atoms with Gasteiger partial charge in [0.1, 0.15) is 5.82 Å². The van der Waals surface area contributed by atoms with Crippen LogP contribution in [0.15, 0.2) is 22.7 Å². The van der Waals surface area contributed by atoms with Crippen molar-refractivity contribution in [2.45, 2.75) is 30.7 Å². The van der Waals surface area contributed by atoms with E-state index in [1.807, 2.05) is 11.0 Å². The van der Waals surface area contributed by atoms with Crippen LogP contribution >= 0.6 is 28.1 Å². The number of carbonyl (C=O) groups is 1. The standard InChI is InChI=1S/C19H19BrFN3O2S/c20-11-1-2-14(21)12(7-11)19-9-13(19)17-15(22-18(27)24(17)10-19)8-16(25)23-3-5-26-6-4-23/h1-2,7,13H,3-6,8-10H2,(H,22,27)/t13-,19+/m0/s1. The highest BCUT2D eigenvalue weighted by Crippen LogP contribution is 2.66. The Kier molecular flexibility index (Phi) is 4.07. The maximum absolute atomic E-state index is 14.5. The molecule has 2 atom stereocenters. The van der Waals surface area contributed by atoms with Crippen molar-refractivity contribution >= 4 is 34.1 Å². The van der Waals surface area contributed by atoms with E-state index in [9.17, 15) is 9.18 Å². The van der Waals surface area contributed by atoms with Gasteiger partial charge >= 0.3 is 0 Å². The number of nitrogens with one attached hydrogen (secondary N) is 1. The highest BCUT2D eigenvalue weighted by molar-refractivity contribution is 9.10. The van der Waals surface area contributed by atoms with Crippen molar-refractivity contribution < 1.29 is 13.9 Å². The minimum atomic E-state index is -0.234. The van der Waals surface area contributed by atoms with Crippen LogP contribution in [0, 0.1) is 10.6 Å². The zero-order valence-corrected chi connectivity index (χ0v) is 17.0. The molecule has 1 aliphatic carbocycles. The predicted octanol–water partition coefficient (Wildman–Crippen LogP) is 3.29. The topological polar surface area (TPSA) is 50.3 Å². The van der Waals surface area contributed by atoms with E-state index in [2.05, 4.69) is 25.5 Å². The monoisotopic (exact) mass is 451 g/mol. The van der Waals surface area contributed by atoms with Gasteiger partial charge in [-0.2, -0.15) is 0 Å². The third-order valence-electron chi connectivity index (χ3n) is 6.11. The third kappa shape index (κ3) is 2.72. The molecule has 142 valence electrons. The summed E-state index contributed by atoms with van der Waals surface area (Å²) in [5.41, 5.74) is 2.48. The Balaban J connectivity index is 1.45. The molecule has 1 saturated carbocycles. The maximum atomic E-state index is 14.5. The second-order valence-electron chi connectivity index (χ2n) is 7.59. The van der Waals surface area contributed by atoms with Gasteiger partial charge in [0.05, 0.1) is 19.6 Å². The highest BCUT2D eigenvalue weighted by Gasteiger charge is 2.63. The number of benzene rings is 1. The molecule has 5 rings (SSSR count). The third-order valence-corrected chi connectivity index (χ3v) is 6.92. The second-order valence-corrected chi connectivity index (χ2v) is 8.89. The van der Waals surface area contributed by atoms with Crippen molar-refractivity contribution in [3.8, 4) is 0 Å². The number of carbonyl (C=O) groups excluding carboxylic acids is 1. The van der Waals surface area contributed by atoms with E-state index in [1.165, 1.54) is 6.07 Å². The molecule has 0 unspecified atom stereocenters. The van der Waals surface area contributed by atoms with Crippen LogP contribution in [0.25, 0.3) is 0 Å². The molecule has 3 aliphatic rings. The van der Waals surface area contributed by atoms with Gasteiger partial charge in [0.2, 0.25) is 5.91 Å². The molecule has 0 spiro atoms. The summed E-state index contributed by atoms with van der Waals surface area (Å²) in [6, 6.07) is 5.12. The number of rotatable bonds is 3. The number of aromatic nitrogens is 2. The molecule has 3 heterocycles. The van der Waals surface area contributed by atoms with E-state index < -0.39 is 0 Å². The molecule has 1 aromatic carbocycles. The van der Waals surface area contributed by atoms with Crippen molar-refractivity contribution in [3.63, 3.8) is 0 Å². The molecule has 2 fully saturated rings. The molecular weight excluding hydrogens is 433 g/mol. The van der Waals surface area contributed by atoms with Crippen LogP contribution in [0.2, 0.25) is 0 Å². The molecule has 1 saturated heterocycles. The van der Waals surface area contributed by atoms with Crippen LogP contribution in [0.3, 0.4) is 0 Å². The maximum Gasteiger partial charge on any atom is 0.228 e. The van der Waals surface area contributed by atoms with Crippen molar-refractivity contribution in [2.75, 3.05) is 26.3 Å². The lowest BCUT2D eigenvalue weighted by Gasteiger charge is -2.26. The molecule has 0 radical (unpaired) electrons. The SMILES string of the molecule is O=C(Cc1[nH]c(=S)n2c1[C@@H]1C[C@]1(c1cc(Br)ccc1F)C2)N1CCOCC1. The number of nitrogens with zero attached hydrogens (tertiary/aromatic N) is 2. The summed E-state index contributed by atoms with van der Waals surface area (Å²) < 4.78 is 23.4. The smallest absolute Gasteiger partial charge is 0.228 e. The Morgan fingerprint density at radius 1 is 1.41 bits per heavy atom. The summed E-state index contributed by atoms with van der Waals surface area (Å²) in [6.45, 7) is 3.10. The molecule has 1 amide bonds. The Morgan fingerprint density at radius 3 is 2.96 bits per heavy atom. The van der Waals surface area contributed by atoms with Gasteiger partial charge in [0.25, 0.3) is 0 Å². The number of ether oxygens (including phenoxy) is 1. The Bertz CT molecular complexity index is 997. The first-order chi connectivity index (χ1) is 13.0. The van der Waals surface area contributed by atoms with Gasteiger partial charge in [-0.15, -0.1) is 0 Å². The highest BCUT2D eigenvalue weighted by atomic mass is 79.9. The van der Waals surface area contributed by atoms with E-state index in [0.717, 1.165) is 27.8 Å². The minimum absolute atomic E-state index is 0.0877. The molecule has 27 heavy (non-hydrogen) atoms. The van der Waals surface area contributed by atoms with E-state index in [4.69, 9.17) is 17.0 Å². The first-order valence-electron chi connectivity index (χ1n) is 9.12. The van der Waals surface area contributed by atoms with Crippen molar-refractivity contribution in [1.82, 2.24) is 14.5 Å². The number of amides is 1. The molecule has 2 aromatic rings. The summed E-state index contributed by atoms with van der Waals surface area (Å²) in [7, 11) is 0. The van der Waals surface area contributed by atoms with Crippen LogP contribution in [0.5, 0.6) is 0 Å². The fraction of sp³-hybridized carbons (Fsp3) is 0.474. The average Bonchev–Trinajstić information content (AvgIpc) is 3.16. The number of morpholine rings is 1. The molecule has 2 aliphatic heterocycles. The first-order valence-corrected chi connectivity index (χ1v) is 10.3. The minimum Gasteiger partial charge on any atom is -0.378 e. The molecule has 8 heteroatoms. The van der Waals surface area contributed by atoms with Gasteiger partial charge in [0, 0.05) is 46.8 Å². The van der Waals surface area contributed by atoms with Crippen LogP contribution in [-0.2, 0) is 27.9 Å². The normalized spacial score (nSPS) is 26.0. The Labute approximate surface area is 169 Å². The van der Waals surface area contributed by atoms with E-state index in [1.54, 1.807) is 6.07 Å². The largest absolute Gasteiger partial charge is 0.378 e. The number of hydrogen-bond donors (Lipinski definition) is 1. The quantitative estimate of drug-likeness (QED) is 0.728. The fourth-order valence-electron chi connectivity index (χ4n) is 4.68. The lowest BCUT2D eigenvalue weighted by Crippen LogP contribution is -2.41. The van der Waals surface area contributed by atoms with Crippen LogP contribution in [-0.4, -0.2) is 46.7 Å². The first kappa shape index (κ1) is 17.6. The van der Waals surface area contributed by atoms with Crippen LogP contribution in [0.1, 0.15) is 29.3 Å². The zero-order valence-electron chi connectivity index (χ0n) is 14.6. The summed E-state index contributed by atoms with van der Waals surface area (Å²) in [6.07, 6.45) is 1.20. The van der Waals surface area contributed by atoms with Gasteiger partial charge < -0.3 is 19.2 Å². The Hall–Kier alpha value is -1.51. The number of halogens is 2. The van der Waals surface area contributed by atoms with E-state index >= 15 is 0 Å². The van der Waals surface area contributed by atoms with Gasteiger partial charge in [-0.05, 0) is 42.4 Å². The molecule has 0 bridgehead atoms. The number of imidazole rings is 1. The average molecular weight is 452 g/mol. The Morgan fingerprint density at radius 2 is 2.19 bits per heavy atom. The number of H-pyrrole nitrogens is 1. The molecule has 1 aromatic heterocycles. The summed E-state index contributed by atoms with van der Waals surface area (Å²) in [5, 5.41) is 0. The van der Waals surface area contributed by atoms with Gasteiger partial charge in [-0.3, -0.25) is 4.79 Å². The van der Waals surface area contributed by atoms with Crippen molar-refractivity contribution in [1.29, 1.82) is 0 Å². The van der Waals surface area contributed by atoms with Crippen molar-refractivity contribution in [3.05, 3.63) is 50.2 Å². The van der Waals surface area contributed by atoms with E-state index in [0.29, 0.717) is 44.0 Å². The number of aromatic amines is 1. The summed E-state index contributed by atoms with van der Waals surface area (Å²) >= 11 is 8.96. The predicted molar refractivity (Wildman–Crippen MR) is 104 cm³/mol. The van der Waals surface area contributed by atoms with Crippen LogP contribution in [0.4, 0.5) is 4.39 Å². The molecule has 1 N–H and O–H groups in total. The summed E-state index contributed by atoms with van der Waals surface area (Å²) in [4.78, 5) is 17.8. The second kappa shape index (κ2) is 6.25. The summed E-state index contributed by atoms with van der Waals surface area (Å²) in [5.74, 6) is 0.124. The van der Waals surface area contributed by atoms with Gasteiger partial charge in [-0.25, -0.2) is 4.39 Å².